The van der Waals surface area contributed by atoms with Crippen molar-refractivity contribution in [1.29, 1.82) is 0 Å². The van der Waals surface area contributed by atoms with Crippen LogP contribution in [0.25, 0.3) is 0 Å². The van der Waals surface area contributed by atoms with Gasteiger partial charge < -0.3 is 20.7 Å². The summed E-state index contributed by atoms with van der Waals surface area (Å²) in [6.45, 7) is 0. The smallest absolute Gasteiger partial charge is 0.320 e. The minimum absolute atomic E-state index is 0.101. The number of rotatable bonds is 8. The molecule has 0 bridgehead atoms. The fourth-order valence-electron chi connectivity index (χ4n) is 2.46. The lowest BCUT2D eigenvalue weighted by Gasteiger charge is -2.30. The van der Waals surface area contributed by atoms with Crippen molar-refractivity contribution in [2.45, 2.75) is 44.0 Å². The maximum atomic E-state index is 12.7. The Bertz CT molecular complexity index is 556. The molecule has 1 saturated carbocycles. The van der Waals surface area contributed by atoms with E-state index in [9.17, 15) is 19.1 Å². The largest absolute Gasteiger partial charge is 0.490 e. The molecule has 0 amide bonds. The summed E-state index contributed by atoms with van der Waals surface area (Å²) in [6, 6.07) is 5.66. The molecule has 6 nitrogen and oxygen atoms in total. The first-order valence-corrected chi connectivity index (χ1v) is 7.46. The molecule has 0 aromatic heterocycles. The number of alkyl halides is 1. The molecule has 126 valence electrons. The van der Waals surface area contributed by atoms with Crippen molar-refractivity contribution in [3.63, 3.8) is 0 Å². The van der Waals surface area contributed by atoms with Gasteiger partial charge in [0.1, 0.15) is 24.1 Å². The second kappa shape index (κ2) is 7.41. The Morgan fingerprint density at radius 1 is 1.22 bits per heavy atom. The number of carboxylic acid groups (broad SMARTS) is 2. The van der Waals surface area contributed by atoms with Crippen molar-refractivity contribution in [2.24, 2.45) is 11.7 Å². The van der Waals surface area contributed by atoms with Crippen molar-refractivity contribution in [1.82, 2.24) is 0 Å². The molecule has 23 heavy (non-hydrogen) atoms. The van der Waals surface area contributed by atoms with E-state index >= 15 is 0 Å². The molecule has 0 radical (unpaired) electrons. The van der Waals surface area contributed by atoms with Gasteiger partial charge in [0.05, 0.1) is 5.92 Å². The molecule has 4 N–H and O–H groups in total. The number of nitrogens with two attached hydrogens (primary N) is 1. The lowest BCUT2D eigenvalue weighted by molar-refractivity contribution is -0.143. The molecule has 1 fully saturated rings. The van der Waals surface area contributed by atoms with E-state index < -0.39 is 30.1 Å². The third-order valence-electron chi connectivity index (χ3n) is 3.95. The first-order chi connectivity index (χ1) is 10.8. The zero-order valence-electron chi connectivity index (χ0n) is 12.5. The van der Waals surface area contributed by atoms with Crippen molar-refractivity contribution in [3.8, 4) is 5.75 Å². The Kier molecular flexibility index (Phi) is 5.54. The molecule has 1 aromatic carbocycles. The normalized spacial score (nSPS) is 22.7. The summed E-state index contributed by atoms with van der Waals surface area (Å²) in [6.07, 6.45) is -0.0355. The van der Waals surface area contributed by atoms with E-state index in [1.165, 1.54) is 0 Å². The van der Waals surface area contributed by atoms with Crippen LogP contribution in [0.5, 0.6) is 5.75 Å². The molecule has 7 heteroatoms. The Morgan fingerprint density at radius 3 is 2.30 bits per heavy atom. The molecular weight excluding hydrogens is 305 g/mol. The standard InChI is InChI=1S/C16H20FNO5/c17-11-7-13(8-11)23-12-3-1-9(2-4-12)5-10(15(19)20)6-14(18)16(21)22/h1-4,10-11,13-14H,5-8,18H2,(H,19,20)(H,21,22)/t10-,11-,13+,14-/m0/s1. The highest BCUT2D eigenvalue weighted by molar-refractivity contribution is 5.76. The van der Waals surface area contributed by atoms with Gasteiger partial charge in [0.25, 0.3) is 0 Å². The van der Waals surface area contributed by atoms with Crippen LogP contribution >= 0.6 is 0 Å². The second-order valence-corrected chi connectivity index (χ2v) is 5.87. The van der Waals surface area contributed by atoms with Crippen LogP contribution in [0.2, 0.25) is 0 Å². The number of halogens is 1. The molecule has 1 aliphatic rings. The molecular formula is C16H20FNO5. The molecule has 0 saturated heterocycles. The molecule has 0 spiro atoms. The maximum Gasteiger partial charge on any atom is 0.320 e. The Morgan fingerprint density at radius 2 is 1.83 bits per heavy atom. The van der Waals surface area contributed by atoms with E-state index in [4.69, 9.17) is 15.6 Å². The second-order valence-electron chi connectivity index (χ2n) is 5.87. The third-order valence-corrected chi connectivity index (χ3v) is 3.95. The fourth-order valence-corrected chi connectivity index (χ4v) is 2.46. The van der Waals surface area contributed by atoms with Gasteiger partial charge in [-0.25, -0.2) is 4.39 Å². The summed E-state index contributed by atoms with van der Waals surface area (Å²) >= 11 is 0. The van der Waals surface area contributed by atoms with E-state index in [0.717, 1.165) is 5.56 Å². The summed E-state index contributed by atoms with van der Waals surface area (Å²) in [7, 11) is 0. The van der Waals surface area contributed by atoms with E-state index in [2.05, 4.69) is 0 Å². The highest BCUT2D eigenvalue weighted by Crippen LogP contribution is 2.28. The third kappa shape index (κ3) is 4.92. The van der Waals surface area contributed by atoms with Crippen LogP contribution in [0.4, 0.5) is 4.39 Å². The minimum Gasteiger partial charge on any atom is -0.490 e. The Balaban J connectivity index is 1.92. The van der Waals surface area contributed by atoms with E-state index in [0.29, 0.717) is 18.6 Å². The zero-order valence-corrected chi connectivity index (χ0v) is 12.5. The van der Waals surface area contributed by atoms with Crippen molar-refractivity contribution in [2.75, 3.05) is 0 Å². The summed E-state index contributed by atoms with van der Waals surface area (Å²) in [5.41, 5.74) is 6.16. The average molecular weight is 325 g/mol. The fraction of sp³-hybridized carbons (Fsp3) is 0.500. The zero-order chi connectivity index (χ0) is 17.0. The van der Waals surface area contributed by atoms with Crippen LogP contribution in [-0.4, -0.2) is 40.5 Å². The van der Waals surface area contributed by atoms with Crippen molar-refractivity contribution >= 4 is 11.9 Å². The summed E-state index contributed by atoms with van der Waals surface area (Å²) in [4.78, 5) is 22.0. The lowest BCUT2D eigenvalue weighted by atomic mass is 9.92. The van der Waals surface area contributed by atoms with Crippen LogP contribution in [0, 0.1) is 5.92 Å². The Hall–Kier alpha value is -2.15. The monoisotopic (exact) mass is 325 g/mol. The SMILES string of the molecule is N[C@@H](C[C@H](Cc1ccc(O[C@H]2C[C@@H](F)C2)cc1)C(=O)O)C(=O)O. The van der Waals surface area contributed by atoms with E-state index in [-0.39, 0.29) is 18.9 Å². The van der Waals surface area contributed by atoms with Crippen LogP contribution in [0.15, 0.2) is 24.3 Å². The van der Waals surface area contributed by atoms with Crippen molar-refractivity contribution in [3.05, 3.63) is 29.8 Å². The van der Waals surface area contributed by atoms with Crippen LogP contribution in [0.1, 0.15) is 24.8 Å². The number of hydrogen-bond donors (Lipinski definition) is 3. The molecule has 0 unspecified atom stereocenters. The van der Waals surface area contributed by atoms with Gasteiger partial charge in [0.15, 0.2) is 0 Å². The Labute approximate surface area is 133 Å². The molecule has 1 aromatic rings. The van der Waals surface area contributed by atoms with Gasteiger partial charge in [-0.1, -0.05) is 12.1 Å². The van der Waals surface area contributed by atoms with Crippen LogP contribution < -0.4 is 10.5 Å². The number of carboxylic acids is 2. The van der Waals surface area contributed by atoms with Crippen LogP contribution in [-0.2, 0) is 16.0 Å². The summed E-state index contributed by atoms with van der Waals surface area (Å²) in [5.74, 6) is -2.55. The van der Waals surface area contributed by atoms with Gasteiger partial charge >= 0.3 is 11.9 Å². The van der Waals surface area contributed by atoms with E-state index in [1.807, 2.05) is 0 Å². The lowest BCUT2D eigenvalue weighted by Crippen LogP contribution is -2.35. The number of carbonyl (C=O) groups is 2. The first-order valence-electron chi connectivity index (χ1n) is 7.46. The predicted octanol–water partition coefficient (Wildman–Crippen LogP) is 1.61. The van der Waals surface area contributed by atoms with Gasteiger partial charge in [-0.3, -0.25) is 9.59 Å². The number of benzene rings is 1. The van der Waals surface area contributed by atoms with Gasteiger partial charge in [-0.2, -0.15) is 0 Å². The van der Waals surface area contributed by atoms with Gasteiger partial charge in [0.2, 0.25) is 0 Å². The first kappa shape index (κ1) is 17.2. The van der Waals surface area contributed by atoms with E-state index in [1.54, 1.807) is 24.3 Å². The topological polar surface area (TPSA) is 110 Å². The molecule has 0 aliphatic heterocycles. The van der Waals surface area contributed by atoms with Crippen molar-refractivity contribution < 1.29 is 28.9 Å². The predicted molar refractivity (Wildman–Crippen MR) is 80.0 cm³/mol. The average Bonchev–Trinajstić information content (AvgIpc) is 2.46. The highest BCUT2D eigenvalue weighted by Gasteiger charge is 2.30. The van der Waals surface area contributed by atoms with Gasteiger partial charge in [0, 0.05) is 12.8 Å². The molecule has 0 heterocycles. The van der Waals surface area contributed by atoms with Gasteiger partial charge in [-0.05, 0) is 30.5 Å². The highest BCUT2D eigenvalue weighted by atomic mass is 19.1. The summed E-state index contributed by atoms with van der Waals surface area (Å²) in [5, 5.41) is 18.0. The number of aliphatic carboxylic acids is 2. The number of hydrogen-bond acceptors (Lipinski definition) is 4. The quantitative estimate of drug-likeness (QED) is 0.670. The number of ether oxygens (including phenoxy) is 1. The maximum absolute atomic E-state index is 12.7. The molecule has 2 rings (SSSR count). The summed E-state index contributed by atoms with van der Waals surface area (Å²) < 4.78 is 18.3. The minimum atomic E-state index is -1.22. The van der Waals surface area contributed by atoms with Crippen LogP contribution in [0.3, 0.4) is 0 Å². The molecule has 2 atom stereocenters. The van der Waals surface area contributed by atoms with Gasteiger partial charge in [-0.15, -0.1) is 0 Å². The molecule has 1 aliphatic carbocycles.